The number of methoxy groups -OCH3 is 1. The molecule has 6 nitrogen and oxygen atoms in total. The molecular formula is C22H24ClNO5. The van der Waals surface area contributed by atoms with Gasteiger partial charge in [-0.25, -0.2) is 4.79 Å². The lowest BCUT2D eigenvalue weighted by Gasteiger charge is -2.35. The van der Waals surface area contributed by atoms with Gasteiger partial charge in [-0.1, -0.05) is 18.5 Å². The molecular weight excluding hydrogens is 394 g/mol. The fraction of sp³-hybridized carbons (Fsp3) is 0.455. The molecule has 7 heteroatoms. The van der Waals surface area contributed by atoms with E-state index in [0.717, 1.165) is 36.8 Å². The Morgan fingerprint density at radius 2 is 2.07 bits per heavy atom. The van der Waals surface area contributed by atoms with Gasteiger partial charge in [-0.2, -0.15) is 0 Å². The van der Waals surface area contributed by atoms with Crippen LogP contribution < -0.4 is 10.2 Å². The average Bonchev–Trinajstić information content (AvgIpc) is 3.43. The Morgan fingerprint density at radius 3 is 2.72 bits per heavy atom. The molecule has 1 aliphatic carbocycles. The van der Waals surface area contributed by atoms with Crippen molar-refractivity contribution in [1.82, 2.24) is 4.57 Å². The van der Waals surface area contributed by atoms with Crippen LogP contribution in [-0.4, -0.2) is 36.0 Å². The van der Waals surface area contributed by atoms with Crippen LogP contribution in [0.5, 0.6) is 5.75 Å². The first-order valence-electron chi connectivity index (χ1n) is 9.78. The number of carboxylic acid groups (broad SMARTS) is 1. The van der Waals surface area contributed by atoms with Crippen molar-refractivity contribution in [3.05, 3.63) is 50.8 Å². The van der Waals surface area contributed by atoms with Crippen molar-refractivity contribution in [2.45, 2.75) is 38.6 Å². The molecule has 2 heterocycles. The number of nitrogens with zero attached hydrogens (tertiary/aromatic N) is 1. The maximum absolute atomic E-state index is 12.4. The monoisotopic (exact) mass is 417 g/mol. The van der Waals surface area contributed by atoms with E-state index < -0.39 is 11.4 Å². The maximum atomic E-state index is 12.4. The van der Waals surface area contributed by atoms with Crippen LogP contribution >= 0.6 is 11.6 Å². The highest BCUT2D eigenvalue weighted by atomic mass is 35.5. The lowest BCUT2D eigenvalue weighted by Crippen LogP contribution is -2.29. The first-order valence-corrected chi connectivity index (χ1v) is 10.2. The zero-order valence-corrected chi connectivity index (χ0v) is 17.3. The summed E-state index contributed by atoms with van der Waals surface area (Å²) in [6.07, 6.45) is 5.16. The highest BCUT2D eigenvalue weighted by Crippen LogP contribution is 2.57. The minimum absolute atomic E-state index is 0.0891. The van der Waals surface area contributed by atoms with Gasteiger partial charge in [-0.15, -0.1) is 0 Å². The van der Waals surface area contributed by atoms with Crippen LogP contribution in [0, 0.1) is 5.41 Å². The number of carboxylic acids is 1. The van der Waals surface area contributed by atoms with Crippen molar-refractivity contribution in [2.75, 3.05) is 20.3 Å². The van der Waals surface area contributed by atoms with Gasteiger partial charge in [0.2, 0.25) is 0 Å². The van der Waals surface area contributed by atoms with Gasteiger partial charge < -0.3 is 19.1 Å². The molecule has 0 radical (unpaired) electrons. The van der Waals surface area contributed by atoms with Crippen molar-refractivity contribution in [3.63, 3.8) is 0 Å². The molecule has 4 rings (SSSR count). The molecule has 154 valence electrons. The molecule has 1 fully saturated rings. The largest absolute Gasteiger partial charge is 0.492 e. The van der Waals surface area contributed by atoms with Crippen LogP contribution in [0.15, 0.2) is 29.2 Å². The summed E-state index contributed by atoms with van der Waals surface area (Å²) in [6.45, 7) is 3.33. The average molecular weight is 418 g/mol. The Labute approximate surface area is 174 Å². The van der Waals surface area contributed by atoms with Crippen LogP contribution in [0.2, 0.25) is 5.02 Å². The van der Waals surface area contributed by atoms with Crippen LogP contribution in [0.3, 0.4) is 0 Å². The number of pyridine rings is 1. The number of hydrogen-bond acceptors (Lipinski definition) is 4. The standard InChI is InChI=1S/C22H24ClNO5/c1-22(4-5-22)20-9-13-8-19(29-7-3-6-28-2)16(23)10-14(13)17-11-18(25)15(21(26)27)12-24(17)20/h8,10-12,20H,3-7,9H2,1-2H3,(H,26,27). The fourth-order valence-corrected chi connectivity index (χ4v) is 4.32. The minimum atomic E-state index is -1.20. The number of fused-ring (bicyclic) bond motifs is 3. The van der Waals surface area contributed by atoms with Gasteiger partial charge in [0.1, 0.15) is 11.3 Å². The van der Waals surface area contributed by atoms with E-state index in [1.54, 1.807) is 7.11 Å². The second kappa shape index (κ2) is 7.50. The highest BCUT2D eigenvalue weighted by molar-refractivity contribution is 6.32. The Balaban J connectivity index is 1.79. The first kappa shape index (κ1) is 20.0. The number of benzene rings is 1. The Kier molecular flexibility index (Phi) is 5.17. The summed E-state index contributed by atoms with van der Waals surface area (Å²) in [7, 11) is 1.65. The molecule has 0 amide bonds. The van der Waals surface area contributed by atoms with E-state index in [0.29, 0.717) is 29.7 Å². The highest BCUT2D eigenvalue weighted by Gasteiger charge is 2.47. The van der Waals surface area contributed by atoms with E-state index in [9.17, 15) is 14.7 Å². The Morgan fingerprint density at radius 1 is 1.31 bits per heavy atom. The zero-order chi connectivity index (χ0) is 20.8. The first-order chi connectivity index (χ1) is 13.8. The van der Waals surface area contributed by atoms with E-state index in [1.807, 2.05) is 16.7 Å². The summed E-state index contributed by atoms with van der Waals surface area (Å²) in [5, 5.41) is 9.88. The van der Waals surface area contributed by atoms with E-state index in [2.05, 4.69) is 6.92 Å². The van der Waals surface area contributed by atoms with Gasteiger partial charge in [0.05, 0.1) is 17.3 Å². The second-order valence-corrected chi connectivity index (χ2v) is 8.56. The molecule has 1 aliphatic heterocycles. The minimum Gasteiger partial charge on any atom is -0.492 e. The molecule has 29 heavy (non-hydrogen) atoms. The van der Waals surface area contributed by atoms with Gasteiger partial charge in [0.15, 0.2) is 5.43 Å². The molecule has 0 bridgehead atoms. The third kappa shape index (κ3) is 3.67. The van der Waals surface area contributed by atoms with Gasteiger partial charge >= 0.3 is 5.97 Å². The third-order valence-electron chi connectivity index (χ3n) is 6.09. The maximum Gasteiger partial charge on any atom is 0.341 e. The molecule has 1 saturated carbocycles. The van der Waals surface area contributed by atoms with Crippen molar-refractivity contribution in [2.24, 2.45) is 5.41 Å². The number of halogens is 1. The smallest absolute Gasteiger partial charge is 0.341 e. The molecule has 2 aliphatic rings. The number of hydrogen-bond donors (Lipinski definition) is 1. The SMILES string of the molecule is COCCCOc1cc2c(cc1Cl)-c1cc(=O)c(C(=O)O)cn1C(C1(C)CC1)C2. The number of carbonyl (C=O) groups is 1. The van der Waals surface area contributed by atoms with Crippen LogP contribution in [-0.2, 0) is 11.2 Å². The molecule has 0 spiro atoms. The zero-order valence-electron chi connectivity index (χ0n) is 16.5. The summed E-state index contributed by atoms with van der Waals surface area (Å²) >= 11 is 6.46. The fourth-order valence-electron chi connectivity index (χ4n) is 4.10. The topological polar surface area (TPSA) is 77.8 Å². The third-order valence-corrected chi connectivity index (χ3v) is 6.38. The molecule has 1 N–H and O–H groups in total. The normalized spacial score (nSPS) is 18.7. The molecule has 0 saturated heterocycles. The van der Waals surface area contributed by atoms with E-state index in [-0.39, 0.29) is 17.0 Å². The van der Waals surface area contributed by atoms with Gasteiger partial charge in [-0.05, 0) is 42.4 Å². The van der Waals surface area contributed by atoms with E-state index >= 15 is 0 Å². The molecule has 1 aromatic carbocycles. The summed E-state index contributed by atoms with van der Waals surface area (Å²) in [6, 6.07) is 5.30. The summed E-state index contributed by atoms with van der Waals surface area (Å²) in [5.74, 6) is -0.576. The van der Waals surface area contributed by atoms with Gasteiger partial charge in [0, 0.05) is 44.0 Å². The number of aromatic carboxylic acids is 1. The number of aromatic nitrogens is 1. The summed E-state index contributed by atoms with van der Waals surface area (Å²) < 4.78 is 12.9. The van der Waals surface area contributed by atoms with E-state index in [1.165, 1.54) is 12.3 Å². The van der Waals surface area contributed by atoms with Gasteiger partial charge in [-0.3, -0.25) is 4.79 Å². The van der Waals surface area contributed by atoms with Crippen molar-refractivity contribution in [3.8, 4) is 17.0 Å². The predicted molar refractivity (Wildman–Crippen MR) is 110 cm³/mol. The molecule has 1 aromatic heterocycles. The predicted octanol–water partition coefficient (Wildman–Crippen LogP) is 4.18. The second-order valence-electron chi connectivity index (χ2n) is 8.16. The lowest BCUT2D eigenvalue weighted by atomic mass is 9.85. The van der Waals surface area contributed by atoms with Crippen molar-refractivity contribution >= 4 is 17.6 Å². The lowest BCUT2D eigenvalue weighted by molar-refractivity contribution is 0.0694. The molecule has 2 aromatic rings. The van der Waals surface area contributed by atoms with Crippen LogP contribution in [0.25, 0.3) is 11.3 Å². The van der Waals surface area contributed by atoms with E-state index in [4.69, 9.17) is 21.1 Å². The van der Waals surface area contributed by atoms with Crippen molar-refractivity contribution < 1.29 is 19.4 Å². The molecule has 1 unspecified atom stereocenters. The summed E-state index contributed by atoms with van der Waals surface area (Å²) in [5.41, 5.74) is 2.04. The Bertz CT molecular complexity index is 1020. The molecule has 1 atom stereocenters. The van der Waals surface area contributed by atoms with Gasteiger partial charge in [0.25, 0.3) is 0 Å². The summed E-state index contributed by atoms with van der Waals surface area (Å²) in [4.78, 5) is 23.9. The quantitative estimate of drug-likeness (QED) is 0.684. The number of ether oxygens (including phenoxy) is 2. The van der Waals surface area contributed by atoms with Crippen LogP contribution in [0.1, 0.15) is 48.1 Å². The number of rotatable bonds is 7. The van der Waals surface area contributed by atoms with Crippen LogP contribution in [0.4, 0.5) is 0 Å². The Hall–Kier alpha value is -2.31. The van der Waals surface area contributed by atoms with Crippen molar-refractivity contribution in [1.29, 1.82) is 0 Å².